The summed E-state index contributed by atoms with van der Waals surface area (Å²) in [5.41, 5.74) is 1.03. The van der Waals surface area contributed by atoms with Crippen molar-refractivity contribution < 1.29 is 10.0 Å². The summed E-state index contributed by atoms with van der Waals surface area (Å²) in [6, 6.07) is 11.3. The van der Waals surface area contributed by atoms with Crippen molar-refractivity contribution in [2.75, 3.05) is 0 Å². The first kappa shape index (κ1) is 14.7. The molecule has 0 aliphatic heterocycles. The lowest BCUT2D eigenvalue weighted by Crippen LogP contribution is -2.33. The number of nitrogens with zero attached hydrogens (tertiary/aromatic N) is 2. The highest BCUT2D eigenvalue weighted by atomic mass is 16.4. The largest absolute Gasteiger partial charge is 0.410 e. The third-order valence-corrected chi connectivity index (χ3v) is 2.73. The average Bonchev–Trinajstić information content (AvgIpc) is 2.44. The molecule has 0 heterocycles. The Labute approximate surface area is 112 Å². The summed E-state index contributed by atoms with van der Waals surface area (Å²) in [6.07, 6.45) is 1.13. The van der Waals surface area contributed by atoms with Gasteiger partial charge in [-0.1, -0.05) is 35.5 Å². The second kappa shape index (κ2) is 7.88. The van der Waals surface area contributed by atoms with E-state index in [1.54, 1.807) is 0 Å². The lowest BCUT2D eigenvalue weighted by Gasteiger charge is -2.14. The van der Waals surface area contributed by atoms with E-state index < -0.39 is 5.91 Å². The SMILES string of the molecule is CC(NC(=O)/C(CCCC#N)=N\O)c1ccccc1. The molecule has 0 aliphatic carbocycles. The van der Waals surface area contributed by atoms with Gasteiger partial charge in [0.2, 0.25) is 0 Å². The van der Waals surface area contributed by atoms with E-state index in [1.165, 1.54) is 0 Å². The monoisotopic (exact) mass is 259 g/mol. The number of hydrogen-bond donors (Lipinski definition) is 2. The van der Waals surface area contributed by atoms with Crippen LogP contribution in [0.3, 0.4) is 0 Å². The van der Waals surface area contributed by atoms with E-state index in [4.69, 9.17) is 10.5 Å². The molecule has 5 nitrogen and oxygen atoms in total. The van der Waals surface area contributed by atoms with Crippen molar-refractivity contribution in [3.63, 3.8) is 0 Å². The van der Waals surface area contributed by atoms with Crippen molar-refractivity contribution >= 4 is 11.6 Å². The van der Waals surface area contributed by atoms with Gasteiger partial charge in [0, 0.05) is 6.42 Å². The normalized spacial score (nSPS) is 12.5. The Kier molecular flexibility index (Phi) is 6.10. The Hall–Kier alpha value is -2.35. The fraction of sp³-hybridized carbons (Fsp3) is 0.357. The van der Waals surface area contributed by atoms with E-state index >= 15 is 0 Å². The van der Waals surface area contributed by atoms with E-state index in [0.717, 1.165) is 5.56 Å². The van der Waals surface area contributed by atoms with Crippen molar-refractivity contribution in [2.45, 2.75) is 32.2 Å². The quantitative estimate of drug-likeness (QED) is 0.356. The number of unbranched alkanes of at least 4 members (excludes halogenated alkanes) is 1. The number of nitrogens with one attached hydrogen (secondary N) is 1. The maximum Gasteiger partial charge on any atom is 0.269 e. The zero-order chi connectivity index (χ0) is 14.1. The minimum atomic E-state index is -0.406. The molecule has 0 aromatic heterocycles. The second-order valence-electron chi connectivity index (χ2n) is 4.16. The summed E-state index contributed by atoms with van der Waals surface area (Å²) >= 11 is 0. The minimum Gasteiger partial charge on any atom is -0.410 e. The van der Waals surface area contributed by atoms with Crippen molar-refractivity contribution in [3.8, 4) is 6.07 Å². The fourth-order valence-corrected chi connectivity index (χ4v) is 1.65. The van der Waals surface area contributed by atoms with E-state index in [-0.39, 0.29) is 18.2 Å². The van der Waals surface area contributed by atoms with Crippen LogP contribution in [-0.2, 0) is 4.79 Å². The van der Waals surface area contributed by atoms with Gasteiger partial charge in [-0.15, -0.1) is 0 Å². The van der Waals surface area contributed by atoms with Gasteiger partial charge in [-0.25, -0.2) is 0 Å². The van der Waals surface area contributed by atoms with Crippen LogP contribution in [-0.4, -0.2) is 16.8 Å². The summed E-state index contributed by atoms with van der Waals surface area (Å²) in [7, 11) is 0. The lowest BCUT2D eigenvalue weighted by molar-refractivity contribution is -0.115. The number of rotatable bonds is 6. The second-order valence-corrected chi connectivity index (χ2v) is 4.16. The standard InChI is InChI=1S/C14H17N3O2/c1-11(12-7-3-2-4-8-12)16-14(18)13(17-19)9-5-6-10-15/h2-4,7-8,11,19H,5-6,9H2,1H3,(H,16,18)/b17-13-. The van der Waals surface area contributed by atoms with Crippen LogP contribution in [0.4, 0.5) is 0 Å². The number of amides is 1. The average molecular weight is 259 g/mol. The highest BCUT2D eigenvalue weighted by molar-refractivity contribution is 6.38. The molecule has 1 rings (SSSR count). The summed E-state index contributed by atoms with van der Waals surface area (Å²) < 4.78 is 0. The van der Waals surface area contributed by atoms with Crippen LogP contribution in [0.5, 0.6) is 0 Å². The molecule has 5 heteroatoms. The van der Waals surface area contributed by atoms with Crippen LogP contribution >= 0.6 is 0 Å². The van der Waals surface area contributed by atoms with Gasteiger partial charge in [-0.3, -0.25) is 4.79 Å². The maximum atomic E-state index is 11.9. The molecule has 0 spiro atoms. The van der Waals surface area contributed by atoms with Gasteiger partial charge >= 0.3 is 0 Å². The molecular formula is C14H17N3O2. The van der Waals surface area contributed by atoms with Gasteiger partial charge in [0.1, 0.15) is 5.71 Å². The molecule has 1 aromatic rings. The molecule has 0 fully saturated rings. The lowest BCUT2D eigenvalue weighted by atomic mass is 10.1. The van der Waals surface area contributed by atoms with Gasteiger partial charge < -0.3 is 10.5 Å². The number of hydrogen-bond acceptors (Lipinski definition) is 4. The summed E-state index contributed by atoms with van der Waals surface area (Å²) in [5.74, 6) is -0.406. The Bertz CT molecular complexity index is 477. The van der Waals surface area contributed by atoms with E-state index in [0.29, 0.717) is 12.8 Å². The molecule has 0 saturated heterocycles. The van der Waals surface area contributed by atoms with E-state index in [2.05, 4.69) is 10.5 Å². The highest BCUT2D eigenvalue weighted by Gasteiger charge is 2.15. The highest BCUT2D eigenvalue weighted by Crippen LogP contribution is 2.11. The van der Waals surface area contributed by atoms with Crippen LogP contribution in [0.25, 0.3) is 0 Å². The topological polar surface area (TPSA) is 85.5 Å². The molecule has 2 N–H and O–H groups in total. The molecule has 0 radical (unpaired) electrons. The Morgan fingerprint density at radius 2 is 2.16 bits per heavy atom. The predicted molar refractivity (Wildman–Crippen MR) is 71.7 cm³/mol. The van der Waals surface area contributed by atoms with E-state index in [1.807, 2.05) is 43.3 Å². The molecule has 1 aromatic carbocycles. The molecule has 0 saturated carbocycles. The van der Waals surface area contributed by atoms with Crippen molar-refractivity contribution in [1.82, 2.24) is 5.32 Å². The summed E-state index contributed by atoms with van der Waals surface area (Å²) in [5, 5.41) is 23.0. The third-order valence-electron chi connectivity index (χ3n) is 2.73. The smallest absolute Gasteiger partial charge is 0.269 e. The first-order valence-electron chi connectivity index (χ1n) is 6.12. The van der Waals surface area contributed by atoms with Gasteiger partial charge in [0.05, 0.1) is 12.1 Å². The first-order valence-corrected chi connectivity index (χ1v) is 6.12. The first-order chi connectivity index (χ1) is 9.19. The van der Waals surface area contributed by atoms with Gasteiger partial charge in [0.15, 0.2) is 0 Å². The Morgan fingerprint density at radius 3 is 2.74 bits per heavy atom. The molecule has 0 aliphatic rings. The van der Waals surface area contributed by atoms with Crippen molar-refractivity contribution in [2.24, 2.45) is 5.16 Å². The van der Waals surface area contributed by atoms with Crippen LogP contribution in [0, 0.1) is 11.3 Å². The zero-order valence-corrected chi connectivity index (χ0v) is 10.8. The third kappa shape index (κ3) is 4.80. The van der Waals surface area contributed by atoms with Gasteiger partial charge in [-0.2, -0.15) is 5.26 Å². The van der Waals surface area contributed by atoms with Crippen molar-refractivity contribution in [1.29, 1.82) is 5.26 Å². The molecule has 1 amide bonds. The number of carbonyl (C=O) groups is 1. The van der Waals surface area contributed by atoms with Crippen LogP contribution in [0.1, 0.15) is 37.8 Å². The maximum absolute atomic E-state index is 11.9. The van der Waals surface area contributed by atoms with Crippen LogP contribution in [0.2, 0.25) is 0 Å². The van der Waals surface area contributed by atoms with Crippen LogP contribution in [0.15, 0.2) is 35.5 Å². The van der Waals surface area contributed by atoms with Gasteiger partial charge in [-0.05, 0) is 25.3 Å². The molecular weight excluding hydrogens is 242 g/mol. The number of carbonyl (C=O) groups excluding carboxylic acids is 1. The fourth-order valence-electron chi connectivity index (χ4n) is 1.65. The molecule has 0 bridgehead atoms. The number of oxime groups is 1. The summed E-state index contributed by atoms with van der Waals surface area (Å²) in [6.45, 7) is 1.86. The van der Waals surface area contributed by atoms with Gasteiger partial charge in [0.25, 0.3) is 5.91 Å². The van der Waals surface area contributed by atoms with E-state index in [9.17, 15) is 4.79 Å². The summed E-state index contributed by atoms with van der Waals surface area (Å²) in [4.78, 5) is 11.9. The zero-order valence-electron chi connectivity index (χ0n) is 10.8. The number of benzene rings is 1. The predicted octanol–water partition coefficient (Wildman–Crippen LogP) is 2.39. The molecule has 19 heavy (non-hydrogen) atoms. The molecule has 1 unspecified atom stereocenters. The Morgan fingerprint density at radius 1 is 1.47 bits per heavy atom. The Balaban J connectivity index is 2.56. The number of nitriles is 1. The molecule has 100 valence electrons. The van der Waals surface area contributed by atoms with Crippen LogP contribution < -0.4 is 5.32 Å². The molecule has 1 atom stereocenters. The van der Waals surface area contributed by atoms with Crippen molar-refractivity contribution in [3.05, 3.63) is 35.9 Å². The minimum absolute atomic E-state index is 0.0537.